The van der Waals surface area contributed by atoms with Gasteiger partial charge in [0, 0.05) is 28.8 Å². The predicted molar refractivity (Wildman–Crippen MR) is 101 cm³/mol. The number of imide groups is 1. The number of alkyl halides is 1. The van der Waals surface area contributed by atoms with Crippen LogP contribution in [0.4, 0.5) is 0 Å². The molecule has 0 spiro atoms. The molecule has 2 aliphatic heterocycles. The SMILES string of the molecule is O=C=C1c2cccc(SCCCCBr)c2CN1C1CCC(=O)NC1=O. The van der Waals surface area contributed by atoms with Crippen molar-refractivity contribution in [3.8, 4) is 0 Å². The molecule has 1 saturated heterocycles. The Hall–Kier alpha value is -1.56. The molecule has 1 atom stereocenters. The minimum absolute atomic E-state index is 0.252. The first-order chi connectivity index (χ1) is 12.2. The Bertz CT molecular complexity index is 746. The highest BCUT2D eigenvalue weighted by Gasteiger charge is 2.38. The maximum Gasteiger partial charge on any atom is 0.249 e. The Labute approximate surface area is 159 Å². The van der Waals surface area contributed by atoms with Crippen LogP contribution >= 0.6 is 27.7 Å². The van der Waals surface area contributed by atoms with Crippen molar-refractivity contribution < 1.29 is 14.4 Å². The minimum Gasteiger partial charge on any atom is -0.346 e. The molecular weight excluding hydrogens is 404 g/mol. The lowest BCUT2D eigenvalue weighted by atomic mass is 10.0. The van der Waals surface area contributed by atoms with Gasteiger partial charge in [-0.1, -0.05) is 28.1 Å². The summed E-state index contributed by atoms with van der Waals surface area (Å²) >= 11 is 5.22. The van der Waals surface area contributed by atoms with Crippen molar-refractivity contribution >= 4 is 51.1 Å². The fourth-order valence-corrected chi connectivity index (χ4v) is 4.72. The van der Waals surface area contributed by atoms with Crippen LogP contribution in [0.15, 0.2) is 23.1 Å². The zero-order chi connectivity index (χ0) is 17.8. The number of rotatable bonds is 6. The van der Waals surface area contributed by atoms with Gasteiger partial charge in [-0.05, 0) is 36.6 Å². The summed E-state index contributed by atoms with van der Waals surface area (Å²) in [6, 6.07) is 5.42. The lowest BCUT2D eigenvalue weighted by Gasteiger charge is -2.30. The third-order valence-corrected chi connectivity index (χ3v) is 6.22. The van der Waals surface area contributed by atoms with Crippen LogP contribution in [-0.4, -0.2) is 39.8 Å². The number of amides is 2. The molecule has 3 rings (SSSR count). The number of nitrogens with zero attached hydrogens (tertiary/aromatic N) is 1. The normalized spacial score (nSPS) is 19.6. The Balaban J connectivity index is 1.82. The number of halogens is 1. The van der Waals surface area contributed by atoms with Crippen LogP contribution in [0.3, 0.4) is 0 Å². The highest BCUT2D eigenvalue weighted by atomic mass is 79.9. The van der Waals surface area contributed by atoms with Crippen molar-refractivity contribution in [3.05, 3.63) is 29.3 Å². The van der Waals surface area contributed by atoms with Gasteiger partial charge in [0.25, 0.3) is 0 Å². The van der Waals surface area contributed by atoms with E-state index in [0.29, 0.717) is 25.1 Å². The number of hydrogen-bond acceptors (Lipinski definition) is 5. The highest BCUT2D eigenvalue weighted by Crippen LogP contribution is 2.39. The average molecular weight is 423 g/mol. The van der Waals surface area contributed by atoms with Gasteiger partial charge in [-0.3, -0.25) is 14.9 Å². The number of carbonyl (C=O) groups is 2. The van der Waals surface area contributed by atoms with Crippen LogP contribution in [0.25, 0.3) is 5.70 Å². The summed E-state index contributed by atoms with van der Waals surface area (Å²) < 4.78 is 0. The minimum atomic E-state index is -0.493. The van der Waals surface area contributed by atoms with Crippen molar-refractivity contribution in [1.82, 2.24) is 10.2 Å². The number of unbranched alkanes of at least 4 members (excludes halogenated alkanes) is 1. The number of thioether (sulfide) groups is 1. The maximum absolute atomic E-state index is 12.2. The van der Waals surface area contributed by atoms with Crippen molar-refractivity contribution in [2.24, 2.45) is 0 Å². The molecule has 1 unspecified atom stereocenters. The molecule has 0 aliphatic carbocycles. The number of piperidine rings is 1. The Morgan fingerprint density at radius 2 is 2.16 bits per heavy atom. The third-order valence-electron chi connectivity index (χ3n) is 4.47. The molecular formula is C18H19BrN2O3S. The van der Waals surface area contributed by atoms with Gasteiger partial charge >= 0.3 is 0 Å². The number of fused-ring (bicyclic) bond motifs is 1. The largest absolute Gasteiger partial charge is 0.346 e. The lowest BCUT2D eigenvalue weighted by molar-refractivity contribution is -0.136. The lowest BCUT2D eigenvalue weighted by Crippen LogP contribution is -2.50. The molecule has 1 aromatic carbocycles. The highest BCUT2D eigenvalue weighted by molar-refractivity contribution is 9.09. The van der Waals surface area contributed by atoms with Gasteiger partial charge in [0.05, 0.1) is 0 Å². The van der Waals surface area contributed by atoms with Gasteiger partial charge in [0.1, 0.15) is 11.7 Å². The van der Waals surface area contributed by atoms with E-state index < -0.39 is 6.04 Å². The van der Waals surface area contributed by atoms with Gasteiger partial charge in [0.15, 0.2) is 5.94 Å². The second-order valence-corrected chi connectivity index (χ2v) is 8.00. The monoisotopic (exact) mass is 422 g/mol. The first-order valence-corrected chi connectivity index (χ1v) is 10.4. The molecule has 0 bridgehead atoms. The number of nitrogens with one attached hydrogen (secondary N) is 1. The Morgan fingerprint density at radius 3 is 2.88 bits per heavy atom. The summed E-state index contributed by atoms with van der Waals surface area (Å²) in [6.45, 7) is 0.508. The van der Waals surface area contributed by atoms with Gasteiger partial charge in [-0.25, -0.2) is 4.79 Å². The molecule has 132 valence electrons. The zero-order valence-electron chi connectivity index (χ0n) is 13.7. The van der Waals surface area contributed by atoms with E-state index in [1.807, 2.05) is 18.1 Å². The summed E-state index contributed by atoms with van der Waals surface area (Å²) in [5.41, 5.74) is 2.35. The van der Waals surface area contributed by atoms with Crippen molar-refractivity contribution in [3.63, 3.8) is 0 Å². The fraction of sp³-hybridized carbons (Fsp3) is 0.444. The van der Waals surface area contributed by atoms with Crippen molar-refractivity contribution in [2.45, 2.75) is 43.2 Å². The molecule has 7 heteroatoms. The van der Waals surface area contributed by atoms with Crippen molar-refractivity contribution in [2.75, 3.05) is 11.1 Å². The Morgan fingerprint density at radius 1 is 1.32 bits per heavy atom. The molecule has 0 aromatic heterocycles. The van der Waals surface area contributed by atoms with E-state index in [4.69, 9.17) is 0 Å². The summed E-state index contributed by atoms with van der Waals surface area (Å²) in [7, 11) is 0. The van der Waals surface area contributed by atoms with Crippen LogP contribution in [0.5, 0.6) is 0 Å². The molecule has 2 amide bonds. The van der Waals surface area contributed by atoms with Crippen LogP contribution in [0.2, 0.25) is 0 Å². The summed E-state index contributed by atoms with van der Waals surface area (Å²) in [4.78, 5) is 38.1. The van der Waals surface area contributed by atoms with E-state index in [0.717, 1.165) is 39.9 Å². The van der Waals surface area contributed by atoms with E-state index in [9.17, 15) is 14.4 Å². The van der Waals surface area contributed by atoms with E-state index in [-0.39, 0.29) is 11.8 Å². The average Bonchev–Trinajstić information content (AvgIpc) is 2.97. The van der Waals surface area contributed by atoms with Gasteiger partial charge in [-0.15, -0.1) is 11.8 Å². The van der Waals surface area contributed by atoms with E-state index in [1.54, 1.807) is 16.7 Å². The molecule has 1 N–H and O–H groups in total. The topological polar surface area (TPSA) is 66.5 Å². The second-order valence-electron chi connectivity index (χ2n) is 6.07. The maximum atomic E-state index is 12.2. The smallest absolute Gasteiger partial charge is 0.249 e. The number of hydrogen-bond donors (Lipinski definition) is 1. The number of carbonyl (C=O) groups excluding carboxylic acids is 3. The zero-order valence-corrected chi connectivity index (χ0v) is 16.1. The van der Waals surface area contributed by atoms with Gasteiger partial charge in [0.2, 0.25) is 11.8 Å². The molecule has 2 heterocycles. The molecule has 5 nitrogen and oxygen atoms in total. The van der Waals surface area contributed by atoms with Gasteiger partial charge < -0.3 is 4.90 Å². The van der Waals surface area contributed by atoms with Crippen LogP contribution in [0, 0.1) is 0 Å². The molecule has 25 heavy (non-hydrogen) atoms. The first-order valence-electron chi connectivity index (χ1n) is 8.32. The quantitative estimate of drug-likeness (QED) is 0.251. The number of benzene rings is 1. The fourth-order valence-electron chi connectivity index (χ4n) is 3.23. The molecule has 0 saturated carbocycles. The molecule has 1 aromatic rings. The summed E-state index contributed by atoms with van der Waals surface area (Å²) in [5.74, 6) is 2.45. The van der Waals surface area contributed by atoms with Crippen molar-refractivity contribution in [1.29, 1.82) is 0 Å². The van der Waals surface area contributed by atoms with Crippen LogP contribution in [-0.2, 0) is 20.9 Å². The standard InChI is InChI=1S/C18H19BrN2O3S/c19-8-1-2-9-25-16-5-3-4-12-13(16)10-21(15(12)11-22)14-6-7-17(23)20-18(14)24/h3-5,14H,1-2,6-10H2,(H,20,23,24). The summed E-state index contributed by atoms with van der Waals surface area (Å²) in [6.07, 6.45) is 2.97. The van der Waals surface area contributed by atoms with Crippen LogP contribution < -0.4 is 5.32 Å². The first kappa shape index (κ1) is 18.2. The molecule has 2 aliphatic rings. The predicted octanol–water partition coefficient (Wildman–Crippen LogP) is 2.75. The summed E-state index contributed by atoms with van der Waals surface area (Å²) in [5, 5.41) is 3.37. The Kier molecular flexibility index (Phi) is 5.99. The third kappa shape index (κ3) is 3.84. The molecule has 1 fully saturated rings. The van der Waals surface area contributed by atoms with Gasteiger partial charge in [-0.2, -0.15) is 0 Å². The second kappa shape index (κ2) is 8.21. The van der Waals surface area contributed by atoms with E-state index in [2.05, 4.69) is 27.3 Å². The van der Waals surface area contributed by atoms with Crippen LogP contribution in [0.1, 0.15) is 36.8 Å². The van der Waals surface area contributed by atoms with E-state index >= 15 is 0 Å². The van der Waals surface area contributed by atoms with E-state index in [1.165, 1.54) is 0 Å². The molecule has 0 radical (unpaired) electrons.